The maximum Gasteiger partial charge on any atom is 0.411 e. The van der Waals surface area contributed by atoms with Crippen molar-refractivity contribution >= 4 is 5.78 Å². The molecular weight excluding hydrogens is 261 g/mol. The number of halogens is 3. The SMILES string of the molecule is O=C(COCC(F)(F)F)c1cccc(OC2CC2)c1. The number of rotatable bonds is 6. The minimum absolute atomic E-state index is 0.201. The average molecular weight is 274 g/mol. The fourth-order valence-corrected chi connectivity index (χ4v) is 1.46. The van der Waals surface area contributed by atoms with Crippen LogP contribution in [0.4, 0.5) is 13.2 Å². The molecule has 0 unspecified atom stereocenters. The van der Waals surface area contributed by atoms with E-state index in [1.165, 1.54) is 12.1 Å². The minimum atomic E-state index is -4.42. The quantitative estimate of drug-likeness (QED) is 0.748. The molecule has 0 saturated heterocycles. The van der Waals surface area contributed by atoms with Crippen molar-refractivity contribution in [1.29, 1.82) is 0 Å². The summed E-state index contributed by atoms with van der Waals surface area (Å²) in [6.45, 7) is -2.01. The van der Waals surface area contributed by atoms with Gasteiger partial charge in [0.2, 0.25) is 0 Å². The summed E-state index contributed by atoms with van der Waals surface area (Å²) in [4.78, 5) is 11.6. The topological polar surface area (TPSA) is 35.5 Å². The number of ketones is 1. The summed E-state index contributed by atoms with van der Waals surface area (Å²) in [7, 11) is 0. The molecule has 0 aromatic heterocycles. The van der Waals surface area contributed by atoms with Crippen molar-refractivity contribution in [3.05, 3.63) is 29.8 Å². The highest BCUT2D eigenvalue weighted by Gasteiger charge is 2.28. The third-order valence-electron chi connectivity index (χ3n) is 2.48. The number of ether oxygens (including phenoxy) is 2. The van der Waals surface area contributed by atoms with Gasteiger partial charge in [0.25, 0.3) is 0 Å². The molecule has 104 valence electrons. The maximum atomic E-state index is 11.9. The van der Waals surface area contributed by atoms with E-state index in [2.05, 4.69) is 4.74 Å². The van der Waals surface area contributed by atoms with Gasteiger partial charge in [0, 0.05) is 5.56 Å². The van der Waals surface area contributed by atoms with E-state index in [1.54, 1.807) is 12.1 Å². The zero-order valence-electron chi connectivity index (χ0n) is 10.1. The van der Waals surface area contributed by atoms with Gasteiger partial charge >= 0.3 is 6.18 Å². The predicted molar refractivity (Wildman–Crippen MR) is 61.3 cm³/mol. The Balaban J connectivity index is 1.87. The predicted octanol–water partition coefficient (Wildman–Crippen LogP) is 2.99. The van der Waals surface area contributed by atoms with Crippen LogP contribution in [0.5, 0.6) is 5.75 Å². The third-order valence-corrected chi connectivity index (χ3v) is 2.48. The molecule has 1 aromatic rings. The Morgan fingerprint density at radius 2 is 2.05 bits per heavy atom. The summed E-state index contributed by atoms with van der Waals surface area (Å²) in [6.07, 6.45) is -2.23. The molecular formula is C13H13F3O3. The molecule has 1 aliphatic rings. The van der Waals surface area contributed by atoms with Gasteiger partial charge in [0.15, 0.2) is 5.78 Å². The molecule has 0 amide bonds. The van der Waals surface area contributed by atoms with Gasteiger partial charge in [-0.2, -0.15) is 13.2 Å². The molecule has 1 fully saturated rings. The molecule has 3 nitrogen and oxygen atoms in total. The molecule has 0 heterocycles. The Morgan fingerprint density at radius 3 is 2.68 bits per heavy atom. The van der Waals surface area contributed by atoms with Crippen LogP contribution in [0, 0.1) is 0 Å². The van der Waals surface area contributed by atoms with E-state index in [1.807, 2.05) is 0 Å². The van der Waals surface area contributed by atoms with Gasteiger partial charge in [-0.3, -0.25) is 4.79 Å². The highest BCUT2D eigenvalue weighted by atomic mass is 19.4. The molecule has 0 spiro atoms. The molecule has 0 atom stereocenters. The molecule has 0 bridgehead atoms. The lowest BCUT2D eigenvalue weighted by Crippen LogP contribution is -2.20. The van der Waals surface area contributed by atoms with Gasteiger partial charge in [-0.25, -0.2) is 0 Å². The van der Waals surface area contributed by atoms with Crippen molar-refractivity contribution in [3.63, 3.8) is 0 Å². The van der Waals surface area contributed by atoms with Gasteiger partial charge in [0.1, 0.15) is 19.0 Å². The number of hydrogen-bond acceptors (Lipinski definition) is 3. The summed E-state index contributed by atoms with van der Waals surface area (Å²) < 4.78 is 45.4. The highest BCUT2D eigenvalue weighted by Crippen LogP contribution is 2.27. The van der Waals surface area contributed by atoms with E-state index in [0.29, 0.717) is 11.3 Å². The lowest BCUT2D eigenvalue weighted by atomic mass is 10.1. The van der Waals surface area contributed by atoms with Crippen LogP contribution in [-0.4, -0.2) is 31.3 Å². The van der Waals surface area contributed by atoms with Crippen LogP contribution in [0.1, 0.15) is 23.2 Å². The van der Waals surface area contributed by atoms with Gasteiger partial charge in [-0.15, -0.1) is 0 Å². The summed E-state index contributed by atoms with van der Waals surface area (Å²) >= 11 is 0. The Labute approximate surface area is 108 Å². The summed E-state index contributed by atoms with van der Waals surface area (Å²) in [5, 5.41) is 0. The first-order valence-electron chi connectivity index (χ1n) is 5.88. The lowest BCUT2D eigenvalue weighted by Gasteiger charge is -2.08. The van der Waals surface area contributed by atoms with Crippen LogP contribution < -0.4 is 4.74 Å². The van der Waals surface area contributed by atoms with Crippen LogP contribution in [0.15, 0.2) is 24.3 Å². The molecule has 2 rings (SSSR count). The standard InChI is InChI=1S/C13H13F3O3/c14-13(15,16)8-18-7-12(17)9-2-1-3-11(6-9)19-10-4-5-10/h1-3,6,10H,4-5,7-8H2. The van der Waals surface area contributed by atoms with Gasteiger partial charge in [-0.05, 0) is 25.0 Å². The second-order valence-electron chi connectivity index (χ2n) is 4.38. The molecule has 1 aliphatic carbocycles. The van der Waals surface area contributed by atoms with Gasteiger partial charge in [-0.1, -0.05) is 12.1 Å². The second kappa shape index (κ2) is 5.61. The highest BCUT2D eigenvalue weighted by molar-refractivity contribution is 5.97. The van der Waals surface area contributed by atoms with Crippen molar-refractivity contribution in [2.24, 2.45) is 0 Å². The first-order valence-corrected chi connectivity index (χ1v) is 5.88. The monoisotopic (exact) mass is 274 g/mol. The molecule has 1 saturated carbocycles. The smallest absolute Gasteiger partial charge is 0.411 e. The minimum Gasteiger partial charge on any atom is -0.490 e. The first kappa shape index (κ1) is 13.9. The first-order chi connectivity index (χ1) is 8.94. The van der Waals surface area contributed by atoms with Gasteiger partial charge in [0.05, 0.1) is 6.10 Å². The van der Waals surface area contributed by atoms with E-state index in [9.17, 15) is 18.0 Å². The Morgan fingerprint density at radius 1 is 1.32 bits per heavy atom. The Bertz CT molecular complexity index is 453. The Hall–Kier alpha value is -1.56. The van der Waals surface area contributed by atoms with Crippen molar-refractivity contribution < 1.29 is 27.4 Å². The maximum absolute atomic E-state index is 11.9. The largest absolute Gasteiger partial charge is 0.490 e. The van der Waals surface area contributed by atoms with E-state index >= 15 is 0 Å². The summed E-state index contributed by atoms with van der Waals surface area (Å²) in [6, 6.07) is 6.40. The van der Waals surface area contributed by atoms with Crippen LogP contribution in [-0.2, 0) is 4.74 Å². The molecule has 1 aromatic carbocycles. The number of hydrogen-bond donors (Lipinski definition) is 0. The number of Topliss-reactive ketones (excluding diaryl/α,β-unsaturated/α-hetero) is 1. The molecule has 6 heteroatoms. The normalized spacial score (nSPS) is 15.3. The van der Waals surface area contributed by atoms with Crippen LogP contribution in [0.3, 0.4) is 0 Å². The van der Waals surface area contributed by atoms with E-state index < -0.39 is 25.2 Å². The fraction of sp³-hybridized carbons (Fsp3) is 0.462. The second-order valence-corrected chi connectivity index (χ2v) is 4.38. The zero-order chi connectivity index (χ0) is 13.9. The molecule has 0 radical (unpaired) electrons. The fourth-order valence-electron chi connectivity index (χ4n) is 1.46. The van der Waals surface area contributed by atoms with Crippen LogP contribution in [0.25, 0.3) is 0 Å². The number of carbonyl (C=O) groups is 1. The lowest BCUT2D eigenvalue weighted by molar-refractivity contribution is -0.170. The number of alkyl halides is 3. The zero-order valence-corrected chi connectivity index (χ0v) is 10.1. The van der Waals surface area contributed by atoms with Crippen molar-refractivity contribution in [2.75, 3.05) is 13.2 Å². The molecule has 0 N–H and O–H groups in total. The van der Waals surface area contributed by atoms with E-state index in [4.69, 9.17) is 4.74 Å². The average Bonchev–Trinajstić information content (AvgIpc) is 3.11. The summed E-state index contributed by atoms with van der Waals surface area (Å²) in [5.41, 5.74) is 0.292. The van der Waals surface area contributed by atoms with Gasteiger partial charge < -0.3 is 9.47 Å². The molecule has 19 heavy (non-hydrogen) atoms. The van der Waals surface area contributed by atoms with Crippen molar-refractivity contribution in [3.8, 4) is 5.75 Å². The Kier molecular flexibility index (Phi) is 4.09. The van der Waals surface area contributed by atoms with E-state index in [0.717, 1.165) is 12.8 Å². The van der Waals surface area contributed by atoms with Crippen molar-refractivity contribution in [2.45, 2.75) is 25.1 Å². The van der Waals surface area contributed by atoms with Crippen molar-refractivity contribution in [1.82, 2.24) is 0 Å². The number of benzene rings is 1. The third kappa shape index (κ3) is 4.90. The van der Waals surface area contributed by atoms with Crippen LogP contribution in [0.2, 0.25) is 0 Å². The molecule has 0 aliphatic heterocycles. The number of carbonyl (C=O) groups excluding carboxylic acids is 1. The van der Waals surface area contributed by atoms with Crippen LogP contribution >= 0.6 is 0 Å². The van der Waals surface area contributed by atoms with E-state index in [-0.39, 0.29) is 6.10 Å². The summed E-state index contributed by atoms with van der Waals surface area (Å²) in [5.74, 6) is 0.0645.